The van der Waals surface area contributed by atoms with E-state index in [0.29, 0.717) is 13.0 Å². The monoisotopic (exact) mass is 424 g/mol. The van der Waals surface area contributed by atoms with Crippen LogP contribution in [0.15, 0.2) is 48.7 Å². The highest BCUT2D eigenvalue weighted by atomic mass is 19.1. The molecule has 2 aliphatic rings. The number of benzene rings is 1. The van der Waals surface area contributed by atoms with Gasteiger partial charge in [0.25, 0.3) is 0 Å². The van der Waals surface area contributed by atoms with Crippen molar-refractivity contribution in [1.82, 2.24) is 9.97 Å². The van der Waals surface area contributed by atoms with Gasteiger partial charge in [0.2, 0.25) is 5.91 Å². The standard InChI is InChI=1S/C24H26F2N4O/c1-15-22(13-27-16(2)28-15)30(3)14-24(17-7-5-4-6-8-17)12-19(24)23(31)29-21-10-9-18(25)11-20(21)26/h4-7,9-11,13,17,19H,8,12,14H2,1-3H3,(H,29,31)/t17?,19-,24+/m0/s1. The molecule has 1 amide bonds. The van der Waals surface area contributed by atoms with Crippen molar-refractivity contribution in [3.8, 4) is 0 Å². The first-order chi connectivity index (χ1) is 14.8. The highest BCUT2D eigenvalue weighted by Crippen LogP contribution is 2.60. The number of halogens is 2. The number of nitrogens with one attached hydrogen (secondary N) is 1. The quantitative estimate of drug-likeness (QED) is 0.737. The number of rotatable bonds is 6. The van der Waals surface area contributed by atoms with Gasteiger partial charge in [0.1, 0.15) is 17.5 Å². The molecule has 7 heteroatoms. The van der Waals surface area contributed by atoms with Gasteiger partial charge in [-0.2, -0.15) is 0 Å². The molecule has 4 rings (SSSR count). The molecule has 0 radical (unpaired) electrons. The van der Waals surface area contributed by atoms with E-state index < -0.39 is 11.6 Å². The molecule has 31 heavy (non-hydrogen) atoms. The Hall–Kier alpha value is -3.09. The molecule has 5 nitrogen and oxygen atoms in total. The third-order valence-corrected chi connectivity index (χ3v) is 6.36. The number of hydrogen-bond donors (Lipinski definition) is 1. The number of hydrogen-bond acceptors (Lipinski definition) is 4. The summed E-state index contributed by atoms with van der Waals surface area (Å²) in [6.45, 7) is 4.45. The van der Waals surface area contributed by atoms with Gasteiger partial charge in [-0.1, -0.05) is 24.3 Å². The molecule has 1 aromatic heterocycles. The number of anilines is 2. The van der Waals surface area contributed by atoms with Crippen molar-refractivity contribution in [1.29, 1.82) is 0 Å². The molecule has 0 spiro atoms. The molecule has 1 fully saturated rings. The number of nitrogens with zero attached hydrogens (tertiary/aromatic N) is 3. The number of carbonyl (C=O) groups excluding carboxylic acids is 1. The summed E-state index contributed by atoms with van der Waals surface area (Å²) in [5.41, 5.74) is 1.53. The average Bonchev–Trinajstić information content (AvgIpc) is 3.46. The lowest BCUT2D eigenvalue weighted by Gasteiger charge is -2.32. The van der Waals surface area contributed by atoms with Crippen molar-refractivity contribution in [3.63, 3.8) is 0 Å². The molecule has 1 heterocycles. The molecule has 1 aromatic carbocycles. The number of amides is 1. The van der Waals surface area contributed by atoms with Crippen LogP contribution >= 0.6 is 0 Å². The van der Waals surface area contributed by atoms with Gasteiger partial charge >= 0.3 is 0 Å². The Balaban J connectivity index is 1.56. The molecular formula is C24H26F2N4O. The zero-order valence-electron chi connectivity index (χ0n) is 17.9. The number of allylic oxidation sites excluding steroid dienone is 4. The Morgan fingerprint density at radius 3 is 2.77 bits per heavy atom. The third-order valence-electron chi connectivity index (χ3n) is 6.36. The molecule has 2 aromatic rings. The van der Waals surface area contributed by atoms with Crippen LogP contribution < -0.4 is 10.2 Å². The number of aromatic nitrogens is 2. The van der Waals surface area contributed by atoms with Gasteiger partial charge < -0.3 is 10.2 Å². The normalized spacial score (nSPS) is 24.2. The lowest BCUT2D eigenvalue weighted by atomic mass is 9.81. The first-order valence-electron chi connectivity index (χ1n) is 10.4. The second-order valence-corrected chi connectivity index (χ2v) is 8.50. The van der Waals surface area contributed by atoms with E-state index in [-0.39, 0.29) is 28.8 Å². The van der Waals surface area contributed by atoms with E-state index in [4.69, 9.17) is 0 Å². The second kappa shape index (κ2) is 8.21. The fourth-order valence-electron chi connectivity index (χ4n) is 4.67. The molecule has 1 saturated carbocycles. The van der Waals surface area contributed by atoms with E-state index in [2.05, 4.69) is 32.3 Å². The van der Waals surface area contributed by atoms with Crippen LogP contribution in [0.3, 0.4) is 0 Å². The largest absolute Gasteiger partial charge is 0.371 e. The first-order valence-corrected chi connectivity index (χ1v) is 10.4. The Bertz CT molecular complexity index is 1070. The Morgan fingerprint density at radius 1 is 1.29 bits per heavy atom. The summed E-state index contributed by atoms with van der Waals surface area (Å²) in [5.74, 6) is -1.04. The van der Waals surface area contributed by atoms with Crippen LogP contribution in [0.25, 0.3) is 0 Å². The Morgan fingerprint density at radius 2 is 2.10 bits per heavy atom. The van der Waals surface area contributed by atoms with E-state index in [0.717, 1.165) is 35.8 Å². The lowest BCUT2D eigenvalue weighted by Crippen LogP contribution is -2.35. The summed E-state index contributed by atoms with van der Waals surface area (Å²) in [4.78, 5) is 23.9. The van der Waals surface area contributed by atoms with E-state index in [1.165, 1.54) is 6.07 Å². The van der Waals surface area contributed by atoms with E-state index >= 15 is 0 Å². The molecular weight excluding hydrogens is 398 g/mol. The highest BCUT2D eigenvalue weighted by molar-refractivity contribution is 5.95. The number of aryl methyl sites for hydroxylation is 2. The topological polar surface area (TPSA) is 58.1 Å². The molecule has 0 bridgehead atoms. The van der Waals surface area contributed by atoms with Crippen molar-refractivity contribution in [2.75, 3.05) is 23.8 Å². The van der Waals surface area contributed by atoms with E-state index in [1.54, 1.807) is 0 Å². The van der Waals surface area contributed by atoms with Crippen LogP contribution in [0.2, 0.25) is 0 Å². The SMILES string of the molecule is Cc1ncc(N(C)C[C@@]2(C3C=CC=CC3)C[C@H]2C(=O)Nc2ccc(F)cc2F)c(C)n1. The van der Waals surface area contributed by atoms with Crippen molar-refractivity contribution >= 4 is 17.3 Å². The predicted octanol–water partition coefficient (Wildman–Crippen LogP) is 4.59. The van der Waals surface area contributed by atoms with Crippen molar-refractivity contribution in [2.24, 2.45) is 17.3 Å². The summed E-state index contributed by atoms with van der Waals surface area (Å²) in [7, 11) is 1.98. The van der Waals surface area contributed by atoms with Gasteiger partial charge in [-0.25, -0.2) is 18.7 Å². The van der Waals surface area contributed by atoms with Crippen LogP contribution in [0, 0.1) is 42.7 Å². The van der Waals surface area contributed by atoms with Gasteiger partial charge in [-0.15, -0.1) is 0 Å². The zero-order valence-corrected chi connectivity index (χ0v) is 17.9. The summed E-state index contributed by atoms with van der Waals surface area (Å²) >= 11 is 0. The number of carbonyl (C=O) groups is 1. The fourth-order valence-corrected chi connectivity index (χ4v) is 4.67. The van der Waals surface area contributed by atoms with Crippen LogP contribution in [0.4, 0.5) is 20.2 Å². The van der Waals surface area contributed by atoms with E-state index in [1.807, 2.05) is 39.2 Å². The molecule has 1 unspecified atom stereocenters. The van der Waals surface area contributed by atoms with Crippen molar-refractivity contribution in [3.05, 3.63) is 71.9 Å². The van der Waals surface area contributed by atoms with Crippen LogP contribution in [-0.4, -0.2) is 29.5 Å². The van der Waals surface area contributed by atoms with Crippen LogP contribution in [-0.2, 0) is 4.79 Å². The van der Waals surface area contributed by atoms with Gasteiger partial charge in [0.15, 0.2) is 0 Å². The van der Waals surface area contributed by atoms with Crippen LogP contribution in [0.1, 0.15) is 24.4 Å². The van der Waals surface area contributed by atoms with Gasteiger partial charge in [-0.3, -0.25) is 4.79 Å². The van der Waals surface area contributed by atoms with Crippen molar-refractivity contribution < 1.29 is 13.6 Å². The minimum Gasteiger partial charge on any atom is -0.371 e. The van der Waals surface area contributed by atoms with E-state index in [9.17, 15) is 13.6 Å². The minimum absolute atomic E-state index is 0.00224. The van der Waals surface area contributed by atoms with Crippen LogP contribution in [0.5, 0.6) is 0 Å². The van der Waals surface area contributed by atoms with Crippen molar-refractivity contribution in [2.45, 2.75) is 26.7 Å². The lowest BCUT2D eigenvalue weighted by molar-refractivity contribution is -0.118. The van der Waals surface area contributed by atoms with Gasteiger partial charge in [0.05, 0.1) is 23.3 Å². The maximum atomic E-state index is 14.1. The summed E-state index contributed by atoms with van der Waals surface area (Å²) in [6.07, 6.45) is 11.6. The fraction of sp³-hybridized carbons (Fsp3) is 0.375. The van der Waals surface area contributed by atoms with Gasteiger partial charge in [-0.05, 0) is 44.7 Å². The molecule has 0 aliphatic heterocycles. The Labute approximate surface area is 180 Å². The first kappa shape index (κ1) is 21.2. The molecule has 1 N–H and O–H groups in total. The second-order valence-electron chi connectivity index (χ2n) is 8.50. The average molecular weight is 424 g/mol. The molecule has 2 aliphatic carbocycles. The maximum absolute atomic E-state index is 14.1. The zero-order chi connectivity index (χ0) is 22.2. The molecule has 3 atom stereocenters. The summed E-state index contributed by atoms with van der Waals surface area (Å²) in [5, 5.41) is 2.66. The minimum atomic E-state index is -0.773. The smallest absolute Gasteiger partial charge is 0.228 e. The van der Waals surface area contributed by atoms with Gasteiger partial charge in [0, 0.05) is 31.0 Å². The summed E-state index contributed by atoms with van der Waals surface area (Å²) in [6, 6.07) is 3.18. The summed E-state index contributed by atoms with van der Waals surface area (Å²) < 4.78 is 27.3. The Kier molecular flexibility index (Phi) is 5.60. The third kappa shape index (κ3) is 4.22. The molecule has 0 saturated heterocycles. The predicted molar refractivity (Wildman–Crippen MR) is 117 cm³/mol. The maximum Gasteiger partial charge on any atom is 0.228 e. The highest BCUT2D eigenvalue weighted by Gasteiger charge is 2.61. The molecule has 162 valence electrons.